The van der Waals surface area contributed by atoms with Crippen molar-refractivity contribution in [2.24, 2.45) is 0 Å². The van der Waals surface area contributed by atoms with Crippen LogP contribution in [0.5, 0.6) is 5.75 Å². The van der Waals surface area contributed by atoms with Gasteiger partial charge >= 0.3 is 0 Å². The van der Waals surface area contributed by atoms with Gasteiger partial charge in [-0.3, -0.25) is 9.59 Å². The first-order valence-electron chi connectivity index (χ1n) is 10.9. The summed E-state index contributed by atoms with van der Waals surface area (Å²) in [7, 11) is 1.53. The standard InChI is InChI=1S/C26H27N3O5/c1-5-14-34-19-10-8-18(9-11-19)22-20(24(31)26(32)29(22)13-15-33-4)23(30)21-17(3)28-12-6-7-16(2)25(28)27-21/h5-12,22,30H,1,13-15H2,2-4H3. The predicted octanol–water partition coefficient (Wildman–Crippen LogP) is 3.58. The average Bonchev–Trinajstić information content (AvgIpc) is 3.31. The molecule has 2 aromatic heterocycles. The van der Waals surface area contributed by atoms with E-state index in [0.717, 1.165) is 5.56 Å². The van der Waals surface area contributed by atoms with Gasteiger partial charge in [-0.15, -0.1) is 0 Å². The van der Waals surface area contributed by atoms with Crippen molar-refractivity contribution in [3.63, 3.8) is 0 Å². The highest BCUT2D eigenvalue weighted by Gasteiger charge is 2.46. The first kappa shape index (κ1) is 23.3. The van der Waals surface area contributed by atoms with Gasteiger partial charge in [0, 0.05) is 19.9 Å². The molecule has 3 aromatic rings. The molecule has 1 unspecified atom stereocenters. The molecule has 34 heavy (non-hydrogen) atoms. The normalized spacial score (nSPS) is 17.5. The van der Waals surface area contributed by atoms with E-state index in [1.807, 2.05) is 36.6 Å². The van der Waals surface area contributed by atoms with E-state index >= 15 is 0 Å². The highest BCUT2D eigenvalue weighted by molar-refractivity contribution is 6.46. The highest BCUT2D eigenvalue weighted by atomic mass is 16.5. The van der Waals surface area contributed by atoms with Crippen LogP contribution in [0.25, 0.3) is 11.4 Å². The number of pyridine rings is 1. The van der Waals surface area contributed by atoms with Crippen molar-refractivity contribution in [2.75, 3.05) is 26.9 Å². The topological polar surface area (TPSA) is 93.4 Å². The number of likely N-dealkylation sites (tertiary alicyclic amines) is 1. The van der Waals surface area contributed by atoms with Gasteiger partial charge in [-0.1, -0.05) is 30.9 Å². The number of ketones is 1. The van der Waals surface area contributed by atoms with Crippen LogP contribution in [0.15, 0.2) is 60.8 Å². The van der Waals surface area contributed by atoms with E-state index in [0.29, 0.717) is 29.3 Å². The maximum atomic E-state index is 13.2. The molecule has 0 spiro atoms. The molecule has 0 aliphatic carbocycles. The molecule has 3 heterocycles. The number of carbonyl (C=O) groups is 2. The summed E-state index contributed by atoms with van der Waals surface area (Å²) in [5.41, 5.74) is 3.22. The summed E-state index contributed by atoms with van der Waals surface area (Å²) < 4.78 is 12.6. The van der Waals surface area contributed by atoms with Crippen LogP contribution in [-0.2, 0) is 14.3 Å². The third kappa shape index (κ3) is 3.97. The number of methoxy groups -OCH3 is 1. The number of rotatable bonds is 8. The summed E-state index contributed by atoms with van der Waals surface area (Å²) in [5, 5.41) is 11.4. The van der Waals surface area contributed by atoms with Crippen molar-refractivity contribution >= 4 is 23.1 Å². The lowest BCUT2D eigenvalue weighted by Crippen LogP contribution is -2.32. The minimum Gasteiger partial charge on any atom is -0.505 e. The van der Waals surface area contributed by atoms with Gasteiger partial charge in [0.15, 0.2) is 5.76 Å². The van der Waals surface area contributed by atoms with Crippen LogP contribution in [0.3, 0.4) is 0 Å². The van der Waals surface area contributed by atoms with E-state index in [1.165, 1.54) is 12.0 Å². The molecule has 1 fully saturated rings. The van der Waals surface area contributed by atoms with Crippen molar-refractivity contribution in [3.05, 3.63) is 83.3 Å². The van der Waals surface area contributed by atoms with Crippen molar-refractivity contribution < 1.29 is 24.2 Å². The molecule has 1 N–H and O–H groups in total. The van der Waals surface area contributed by atoms with Crippen molar-refractivity contribution in [3.8, 4) is 5.75 Å². The van der Waals surface area contributed by atoms with Crippen LogP contribution in [0.4, 0.5) is 0 Å². The number of aliphatic hydroxyl groups excluding tert-OH is 1. The summed E-state index contributed by atoms with van der Waals surface area (Å²) in [5.74, 6) is -1.10. The number of aryl methyl sites for hydroxylation is 2. The highest BCUT2D eigenvalue weighted by Crippen LogP contribution is 2.40. The van der Waals surface area contributed by atoms with Crippen LogP contribution in [0.2, 0.25) is 0 Å². The molecular formula is C26H27N3O5. The molecule has 0 bridgehead atoms. The van der Waals surface area contributed by atoms with Crippen molar-refractivity contribution in [1.29, 1.82) is 0 Å². The second-order valence-corrected chi connectivity index (χ2v) is 8.08. The second kappa shape index (κ2) is 9.52. The molecule has 1 saturated heterocycles. The summed E-state index contributed by atoms with van der Waals surface area (Å²) in [4.78, 5) is 32.2. The first-order chi connectivity index (χ1) is 16.4. The Labute approximate surface area is 197 Å². The fourth-order valence-corrected chi connectivity index (χ4v) is 4.22. The van der Waals surface area contributed by atoms with E-state index in [1.54, 1.807) is 30.3 Å². The number of aromatic nitrogens is 2. The number of nitrogens with zero attached hydrogens (tertiary/aromatic N) is 3. The molecule has 176 valence electrons. The van der Waals surface area contributed by atoms with Crippen LogP contribution >= 0.6 is 0 Å². The lowest BCUT2D eigenvalue weighted by molar-refractivity contribution is -0.140. The fourth-order valence-electron chi connectivity index (χ4n) is 4.22. The minimum atomic E-state index is -0.783. The number of amides is 1. The average molecular weight is 462 g/mol. The SMILES string of the molecule is C=CCOc1ccc(C2C(=C(O)c3nc4c(C)cccn4c3C)C(=O)C(=O)N2CCOC)cc1. The molecule has 0 saturated carbocycles. The summed E-state index contributed by atoms with van der Waals surface area (Å²) >= 11 is 0. The van der Waals surface area contributed by atoms with Gasteiger partial charge in [0.05, 0.1) is 23.9 Å². The molecule has 8 nitrogen and oxygen atoms in total. The van der Waals surface area contributed by atoms with Crippen LogP contribution in [-0.4, -0.2) is 57.9 Å². The number of imidazole rings is 1. The minimum absolute atomic E-state index is 0.00465. The van der Waals surface area contributed by atoms with Crippen LogP contribution in [0, 0.1) is 13.8 Å². The number of hydrogen-bond donors (Lipinski definition) is 1. The van der Waals surface area contributed by atoms with Gasteiger partial charge in [0.1, 0.15) is 23.7 Å². The van der Waals surface area contributed by atoms with Gasteiger partial charge in [0.25, 0.3) is 11.7 Å². The Bertz CT molecular complexity index is 1290. The van der Waals surface area contributed by atoms with Crippen LogP contribution < -0.4 is 4.74 Å². The lowest BCUT2D eigenvalue weighted by atomic mass is 9.96. The molecular weight excluding hydrogens is 434 g/mol. The molecule has 8 heteroatoms. The number of aliphatic hydroxyl groups is 1. The Balaban J connectivity index is 1.86. The Morgan fingerprint density at radius 2 is 1.94 bits per heavy atom. The van der Waals surface area contributed by atoms with Crippen molar-refractivity contribution in [1.82, 2.24) is 14.3 Å². The summed E-state index contributed by atoms with van der Waals surface area (Å²) in [6.45, 7) is 8.18. The number of carbonyl (C=O) groups excluding carboxylic acids is 2. The third-order valence-corrected chi connectivity index (χ3v) is 5.95. The molecule has 0 radical (unpaired) electrons. The van der Waals surface area contributed by atoms with E-state index in [-0.39, 0.29) is 30.2 Å². The van der Waals surface area contributed by atoms with Gasteiger partial charge < -0.3 is 23.9 Å². The number of Topliss-reactive ketones (excluding diaryl/α,β-unsaturated/α-hetero) is 1. The monoisotopic (exact) mass is 461 g/mol. The molecule has 4 rings (SSSR count). The van der Waals surface area contributed by atoms with Gasteiger partial charge in [-0.05, 0) is 43.2 Å². The Morgan fingerprint density at radius 3 is 2.59 bits per heavy atom. The van der Waals surface area contributed by atoms with E-state index in [4.69, 9.17) is 9.47 Å². The van der Waals surface area contributed by atoms with Gasteiger partial charge in [0.2, 0.25) is 0 Å². The van der Waals surface area contributed by atoms with E-state index in [9.17, 15) is 14.7 Å². The Kier molecular flexibility index (Phi) is 6.51. The first-order valence-corrected chi connectivity index (χ1v) is 10.9. The quantitative estimate of drug-likeness (QED) is 0.239. The molecule has 1 aromatic carbocycles. The zero-order chi connectivity index (χ0) is 24.4. The zero-order valence-corrected chi connectivity index (χ0v) is 19.4. The number of fused-ring (bicyclic) bond motifs is 1. The van der Waals surface area contributed by atoms with E-state index < -0.39 is 17.7 Å². The maximum absolute atomic E-state index is 13.2. The predicted molar refractivity (Wildman–Crippen MR) is 128 cm³/mol. The summed E-state index contributed by atoms with van der Waals surface area (Å²) in [6, 6.07) is 10.1. The van der Waals surface area contributed by atoms with Crippen LogP contribution in [0.1, 0.15) is 28.6 Å². The number of hydrogen-bond acceptors (Lipinski definition) is 6. The van der Waals surface area contributed by atoms with E-state index in [2.05, 4.69) is 11.6 Å². The third-order valence-electron chi connectivity index (χ3n) is 5.95. The molecule has 1 amide bonds. The zero-order valence-electron chi connectivity index (χ0n) is 19.4. The van der Waals surface area contributed by atoms with Crippen molar-refractivity contribution in [2.45, 2.75) is 19.9 Å². The molecule has 1 atom stereocenters. The maximum Gasteiger partial charge on any atom is 0.295 e. The second-order valence-electron chi connectivity index (χ2n) is 8.08. The Hall–Kier alpha value is -3.91. The number of benzene rings is 1. The summed E-state index contributed by atoms with van der Waals surface area (Å²) in [6.07, 6.45) is 3.49. The largest absolute Gasteiger partial charge is 0.505 e. The molecule has 1 aliphatic heterocycles. The Morgan fingerprint density at radius 1 is 1.21 bits per heavy atom. The molecule has 1 aliphatic rings. The fraction of sp³-hybridized carbons (Fsp3) is 0.269. The smallest absolute Gasteiger partial charge is 0.295 e. The number of ether oxygens (including phenoxy) is 2. The van der Waals surface area contributed by atoms with Gasteiger partial charge in [-0.2, -0.15) is 0 Å². The van der Waals surface area contributed by atoms with Gasteiger partial charge in [-0.25, -0.2) is 4.98 Å². The lowest BCUT2D eigenvalue weighted by Gasteiger charge is -2.25.